The zero-order chi connectivity index (χ0) is 20.0. The predicted octanol–water partition coefficient (Wildman–Crippen LogP) is 2.54. The van der Waals surface area contributed by atoms with Crippen LogP contribution in [-0.2, 0) is 19.1 Å². The number of esters is 2. The molecule has 2 rings (SSSR count). The van der Waals surface area contributed by atoms with Gasteiger partial charge >= 0.3 is 18.0 Å². The molecular formula is C19H24N2O5S. The van der Waals surface area contributed by atoms with Gasteiger partial charge in [0.1, 0.15) is 11.9 Å². The van der Waals surface area contributed by atoms with Crippen molar-refractivity contribution in [2.45, 2.75) is 43.9 Å². The van der Waals surface area contributed by atoms with Gasteiger partial charge in [0, 0.05) is 4.90 Å². The summed E-state index contributed by atoms with van der Waals surface area (Å²) in [6.45, 7) is 7.11. The summed E-state index contributed by atoms with van der Waals surface area (Å²) in [5.74, 6) is -0.984. The molecule has 146 valence electrons. The molecule has 2 N–H and O–H groups in total. The van der Waals surface area contributed by atoms with Crippen molar-refractivity contribution < 1.29 is 23.9 Å². The maximum atomic E-state index is 12.3. The molecule has 1 aromatic carbocycles. The fraction of sp³-hybridized carbons (Fsp3) is 0.421. The van der Waals surface area contributed by atoms with E-state index in [1.807, 2.05) is 31.2 Å². The van der Waals surface area contributed by atoms with E-state index >= 15 is 0 Å². The third-order valence-electron chi connectivity index (χ3n) is 3.89. The summed E-state index contributed by atoms with van der Waals surface area (Å²) >= 11 is 1.38. The van der Waals surface area contributed by atoms with E-state index in [4.69, 9.17) is 9.47 Å². The minimum absolute atomic E-state index is 0.205. The number of rotatable bonds is 7. The molecule has 0 saturated heterocycles. The minimum atomic E-state index is -0.550. The van der Waals surface area contributed by atoms with Crippen LogP contribution in [0.1, 0.15) is 26.3 Å². The monoisotopic (exact) mass is 392 g/mol. The summed E-state index contributed by atoms with van der Waals surface area (Å²) in [5, 5.41) is 4.69. The minimum Gasteiger partial charge on any atom is -0.463 e. The Morgan fingerprint density at radius 3 is 2.52 bits per heavy atom. The van der Waals surface area contributed by atoms with Crippen molar-refractivity contribution in [2.24, 2.45) is 0 Å². The quantitative estimate of drug-likeness (QED) is 0.547. The first-order valence-corrected chi connectivity index (χ1v) is 9.57. The van der Waals surface area contributed by atoms with Gasteiger partial charge in [-0.05, 0) is 39.8 Å². The lowest BCUT2D eigenvalue weighted by Crippen LogP contribution is -2.50. The van der Waals surface area contributed by atoms with Crippen molar-refractivity contribution in [3.05, 3.63) is 41.1 Å². The first kappa shape index (κ1) is 20.8. The molecule has 8 heteroatoms. The van der Waals surface area contributed by atoms with Gasteiger partial charge in [0.25, 0.3) is 0 Å². The molecule has 0 unspecified atom stereocenters. The van der Waals surface area contributed by atoms with E-state index in [2.05, 4.69) is 10.6 Å². The van der Waals surface area contributed by atoms with Crippen LogP contribution in [0.15, 0.2) is 40.4 Å². The number of carbonyl (C=O) groups is 3. The zero-order valence-corrected chi connectivity index (χ0v) is 16.6. The Kier molecular flexibility index (Phi) is 7.29. The van der Waals surface area contributed by atoms with E-state index in [1.54, 1.807) is 20.8 Å². The van der Waals surface area contributed by atoms with Gasteiger partial charge in [-0.1, -0.05) is 17.7 Å². The SMILES string of the molecule is CCOC(=O)C1=C(COC(=O)[C@@H](C)Sc2ccc(C)cc2)NC(=O)N[C@H]1C. The Morgan fingerprint density at radius 1 is 1.22 bits per heavy atom. The number of nitrogens with one attached hydrogen (secondary N) is 2. The summed E-state index contributed by atoms with van der Waals surface area (Å²) in [7, 11) is 0. The average Bonchev–Trinajstić information content (AvgIpc) is 2.61. The second-order valence-electron chi connectivity index (χ2n) is 6.11. The summed E-state index contributed by atoms with van der Waals surface area (Å²) in [5.41, 5.74) is 1.64. The van der Waals surface area contributed by atoms with E-state index in [0.29, 0.717) is 0 Å². The van der Waals surface area contributed by atoms with Crippen molar-refractivity contribution >= 4 is 29.7 Å². The van der Waals surface area contributed by atoms with Crippen molar-refractivity contribution in [3.8, 4) is 0 Å². The highest BCUT2D eigenvalue weighted by molar-refractivity contribution is 8.00. The van der Waals surface area contributed by atoms with E-state index in [9.17, 15) is 14.4 Å². The van der Waals surface area contributed by atoms with Gasteiger partial charge in [-0.15, -0.1) is 11.8 Å². The van der Waals surface area contributed by atoms with E-state index < -0.39 is 29.3 Å². The van der Waals surface area contributed by atoms with Crippen LogP contribution < -0.4 is 10.6 Å². The molecule has 1 aromatic rings. The lowest BCUT2D eigenvalue weighted by molar-refractivity contribution is -0.143. The largest absolute Gasteiger partial charge is 0.463 e. The topological polar surface area (TPSA) is 93.7 Å². The normalized spacial score (nSPS) is 17.6. The molecule has 27 heavy (non-hydrogen) atoms. The lowest BCUT2D eigenvalue weighted by atomic mass is 10.0. The average molecular weight is 392 g/mol. The summed E-state index contributed by atoms with van der Waals surface area (Å²) in [6.07, 6.45) is 0. The van der Waals surface area contributed by atoms with Crippen LogP contribution in [0.2, 0.25) is 0 Å². The Labute approximate surface area is 162 Å². The van der Waals surface area contributed by atoms with Gasteiger partial charge in [0.2, 0.25) is 0 Å². The Bertz CT molecular complexity index is 745. The van der Waals surface area contributed by atoms with Crippen LogP contribution >= 0.6 is 11.8 Å². The molecule has 0 aromatic heterocycles. The number of benzene rings is 1. The highest BCUT2D eigenvalue weighted by Gasteiger charge is 2.30. The smallest absolute Gasteiger partial charge is 0.338 e. The molecule has 0 aliphatic carbocycles. The van der Waals surface area contributed by atoms with E-state index in [0.717, 1.165) is 10.5 Å². The van der Waals surface area contributed by atoms with Crippen molar-refractivity contribution in [1.82, 2.24) is 10.6 Å². The molecule has 0 spiro atoms. The van der Waals surface area contributed by atoms with E-state index in [-0.39, 0.29) is 24.5 Å². The summed E-state index contributed by atoms with van der Waals surface area (Å²) in [6, 6.07) is 6.85. The van der Waals surface area contributed by atoms with Gasteiger partial charge in [-0.3, -0.25) is 4.79 Å². The van der Waals surface area contributed by atoms with Crippen LogP contribution in [-0.4, -0.2) is 42.5 Å². The number of hydrogen-bond acceptors (Lipinski definition) is 6. The standard InChI is InChI=1S/C19H24N2O5S/c1-5-25-18(23)16-12(3)20-19(24)21-15(16)10-26-17(22)13(4)27-14-8-6-11(2)7-9-14/h6-9,12-13H,5,10H2,1-4H3,(H2,20,21,24)/t12-,13+/m0/s1. The Hall–Kier alpha value is -2.48. The fourth-order valence-corrected chi connectivity index (χ4v) is 3.39. The van der Waals surface area contributed by atoms with Crippen molar-refractivity contribution in [1.29, 1.82) is 0 Å². The molecule has 0 radical (unpaired) electrons. The molecule has 2 atom stereocenters. The number of hydrogen-bond donors (Lipinski definition) is 2. The first-order chi connectivity index (χ1) is 12.8. The van der Waals surface area contributed by atoms with Crippen molar-refractivity contribution in [3.63, 3.8) is 0 Å². The Morgan fingerprint density at radius 2 is 1.89 bits per heavy atom. The first-order valence-electron chi connectivity index (χ1n) is 8.69. The van der Waals surface area contributed by atoms with Crippen LogP contribution in [0.3, 0.4) is 0 Å². The molecule has 1 aliphatic rings. The maximum Gasteiger partial charge on any atom is 0.338 e. The number of amides is 2. The highest BCUT2D eigenvalue weighted by atomic mass is 32.2. The van der Waals surface area contributed by atoms with E-state index in [1.165, 1.54) is 11.8 Å². The molecule has 0 fully saturated rings. The molecule has 1 aliphatic heterocycles. The third kappa shape index (κ3) is 5.75. The highest BCUT2D eigenvalue weighted by Crippen LogP contribution is 2.24. The van der Waals surface area contributed by atoms with Gasteiger partial charge in [0.05, 0.1) is 23.9 Å². The number of thioether (sulfide) groups is 1. The number of urea groups is 1. The van der Waals surface area contributed by atoms with Gasteiger partial charge in [0.15, 0.2) is 0 Å². The zero-order valence-electron chi connectivity index (χ0n) is 15.8. The second kappa shape index (κ2) is 9.45. The third-order valence-corrected chi connectivity index (χ3v) is 4.98. The van der Waals surface area contributed by atoms with Gasteiger partial charge in [-0.2, -0.15) is 0 Å². The number of carbonyl (C=O) groups excluding carboxylic acids is 3. The number of aryl methyl sites for hydroxylation is 1. The van der Waals surface area contributed by atoms with Crippen LogP contribution in [0.25, 0.3) is 0 Å². The van der Waals surface area contributed by atoms with Gasteiger partial charge in [-0.25, -0.2) is 9.59 Å². The molecule has 7 nitrogen and oxygen atoms in total. The molecule has 0 saturated carbocycles. The number of ether oxygens (including phenoxy) is 2. The lowest BCUT2D eigenvalue weighted by Gasteiger charge is -2.26. The molecular weight excluding hydrogens is 368 g/mol. The summed E-state index contributed by atoms with van der Waals surface area (Å²) < 4.78 is 10.4. The van der Waals surface area contributed by atoms with Crippen LogP contribution in [0.5, 0.6) is 0 Å². The molecule has 2 amide bonds. The predicted molar refractivity (Wildman–Crippen MR) is 102 cm³/mol. The van der Waals surface area contributed by atoms with Gasteiger partial charge < -0.3 is 20.1 Å². The maximum absolute atomic E-state index is 12.3. The Balaban J connectivity index is 2.03. The van der Waals surface area contributed by atoms with Crippen LogP contribution in [0.4, 0.5) is 4.79 Å². The molecule has 1 heterocycles. The van der Waals surface area contributed by atoms with Crippen molar-refractivity contribution in [2.75, 3.05) is 13.2 Å². The fourth-order valence-electron chi connectivity index (χ4n) is 2.52. The second-order valence-corrected chi connectivity index (χ2v) is 7.53. The summed E-state index contributed by atoms with van der Waals surface area (Å²) in [4.78, 5) is 37.1. The molecule has 0 bridgehead atoms. The van der Waals surface area contributed by atoms with Crippen LogP contribution in [0, 0.1) is 6.92 Å².